The van der Waals surface area contributed by atoms with Crippen LogP contribution in [0, 0.1) is 13.8 Å². The predicted molar refractivity (Wildman–Crippen MR) is 76.2 cm³/mol. The molecule has 1 saturated heterocycles. The van der Waals surface area contributed by atoms with Crippen molar-refractivity contribution in [3.05, 3.63) is 11.4 Å². The molecule has 2 rings (SSSR count). The second-order valence-electron chi connectivity index (χ2n) is 4.84. The molecule has 19 heavy (non-hydrogen) atoms. The van der Waals surface area contributed by atoms with Crippen LogP contribution in [0.15, 0.2) is 4.90 Å². The summed E-state index contributed by atoms with van der Waals surface area (Å²) in [4.78, 5) is 0.360. The number of aryl methyl sites for hydroxylation is 2. The molecule has 0 bridgehead atoms. The second kappa shape index (κ2) is 5.78. The van der Waals surface area contributed by atoms with Gasteiger partial charge in [0.25, 0.3) is 0 Å². The van der Waals surface area contributed by atoms with Crippen LogP contribution in [0.2, 0.25) is 0 Å². The van der Waals surface area contributed by atoms with Crippen molar-refractivity contribution < 1.29 is 8.42 Å². The number of sulfonamides is 1. The molecule has 0 radical (unpaired) electrons. The first-order valence-corrected chi connectivity index (χ1v) is 7.51. The Balaban J connectivity index is 0.00000180. The largest absolute Gasteiger partial charge is 0.312 e. The van der Waals surface area contributed by atoms with Gasteiger partial charge in [-0.15, -0.1) is 12.4 Å². The van der Waals surface area contributed by atoms with Crippen LogP contribution in [-0.2, 0) is 17.1 Å². The molecular weight excluding hydrogens is 288 g/mol. The fourth-order valence-corrected chi connectivity index (χ4v) is 4.30. The first-order chi connectivity index (χ1) is 8.34. The Hall–Kier alpha value is -0.630. The molecule has 1 aromatic rings. The van der Waals surface area contributed by atoms with E-state index >= 15 is 0 Å². The maximum absolute atomic E-state index is 12.6. The van der Waals surface area contributed by atoms with Crippen molar-refractivity contribution in [2.45, 2.75) is 31.7 Å². The highest BCUT2D eigenvalue weighted by atomic mass is 35.5. The first-order valence-electron chi connectivity index (χ1n) is 6.07. The van der Waals surface area contributed by atoms with Gasteiger partial charge in [-0.3, -0.25) is 4.68 Å². The number of rotatable bonds is 2. The van der Waals surface area contributed by atoms with Gasteiger partial charge in [0.1, 0.15) is 4.90 Å². The molecular formula is C11H21ClN4O2S. The van der Waals surface area contributed by atoms with Crippen LogP contribution < -0.4 is 5.32 Å². The summed E-state index contributed by atoms with van der Waals surface area (Å²) in [5.41, 5.74) is 1.26. The standard InChI is InChI=1S/C11H20N4O2S.ClH/c1-8-7-15(6-5-12-8)18(16,17)11-9(2)13-14(4)10(11)3;/h8,12H,5-7H2,1-4H3;1H/t8-;/m1./s1. The van der Waals surface area contributed by atoms with Crippen molar-refractivity contribution in [1.29, 1.82) is 0 Å². The molecule has 6 nitrogen and oxygen atoms in total. The molecule has 1 atom stereocenters. The van der Waals surface area contributed by atoms with Crippen LogP contribution in [0.1, 0.15) is 18.3 Å². The fraction of sp³-hybridized carbons (Fsp3) is 0.727. The molecule has 0 aromatic carbocycles. The van der Waals surface area contributed by atoms with Crippen LogP contribution in [-0.4, -0.2) is 48.2 Å². The van der Waals surface area contributed by atoms with Gasteiger partial charge in [-0.1, -0.05) is 0 Å². The quantitative estimate of drug-likeness (QED) is 0.861. The summed E-state index contributed by atoms with van der Waals surface area (Å²) in [5.74, 6) is 0. The lowest BCUT2D eigenvalue weighted by Crippen LogP contribution is -2.51. The van der Waals surface area contributed by atoms with E-state index in [0.717, 1.165) is 0 Å². The number of nitrogens with zero attached hydrogens (tertiary/aromatic N) is 3. The Morgan fingerprint density at radius 1 is 1.37 bits per heavy atom. The molecule has 2 heterocycles. The van der Waals surface area contributed by atoms with Crippen molar-refractivity contribution in [3.63, 3.8) is 0 Å². The maximum Gasteiger partial charge on any atom is 0.246 e. The van der Waals surface area contributed by atoms with Gasteiger partial charge in [0.15, 0.2) is 0 Å². The van der Waals surface area contributed by atoms with Crippen molar-refractivity contribution in [1.82, 2.24) is 19.4 Å². The van der Waals surface area contributed by atoms with Crippen LogP contribution in [0.3, 0.4) is 0 Å². The number of nitrogens with one attached hydrogen (secondary N) is 1. The topological polar surface area (TPSA) is 67.2 Å². The molecule has 1 aromatic heterocycles. The normalized spacial score (nSPS) is 21.2. The van der Waals surface area contributed by atoms with Gasteiger partial charge >= 0.3 is 0 Å². The highest BCUT2D eigenvalue weighted by Gasteiger charge is 2.32. The van der Waals surface area contributed by atoms with Crippen molar-refractivity contribution in [3.8, 4) is 0 Å². The smallest absolute Gasteiger partial charge is 0.246 e. The van der Waals surface area contributed by atoms with E-state index in [1.54, 1.807) is 29.9 Å². The predicted octanol–water partition coefficient (Wildman–Crippen LogP) is 0.441. The SMILES string of the molecule is Cc1nn(C)c(C)c1S(=O)(=O)N1CCN[C@H](C)C1.Cl. The summed E-state index contributed by atoms with van der Waals surface area (Å²) >= 11 is 0. The van der Waals surface area contributed by atoms with E-state index < -0.39 is 10.0 Å². The minimum absolute atomic E-state index is 0. The van der Waals surface area contributed by atoms with E-state index in [-0.39, 0.29) is 18.4 Å². The molecule has 0 saturated carbocycles. The molecule has 1 fully saturated rings. The maximum atomic E-state index is 12.6. The summed E-state index contributed by atoms with van der Waals surface area (Å²) in [7, 11) is -1.66. The van der Waals surface area contributed by atoms with Gasteiger partial charge in [-0.05, 0) is 20.8 Å². The lowest BCUT2D eigenvalue weighted by atomic mass is 10.3. The third-order valence-corrected chi connectivity index (χ3v) is 5.49. The molecule has 0 unspecified atom stereocenters. The molecule has 0 spiro atoms. The number of halogens is 1. The Morgan fingerprint density at radius 3 is 2.47 bits per heavy atom. The van der Waals surface area contributed by atoms with E-state index in [1.807, 2.05) is 6.92 Å². The monoisotopic (exact) mass is 308 g/mol. The molecule has 0 aliphatic carbocycles. The highest BCUT2D eigenvalue weighted by Crippen LogP contribution is 2.23. The molecule has 8 heteroatoms. The van der Waals surface area contributed by atoms with Crippen LogP contribution in [0.25, 0.3) is 0 Å². The number of piperazine rings is 1. The lowest BCUT2D eigenvalue weighted by molar-refractivity contribution is 0.310. The van der Waals surface area contributed by atoms with Gasteiger partial charge in [0.05, 0.1) is 11.4 Å². The highest BCUT2D eigenvalue weighted by molar-refractivity contribution is 7.89. The van der Waals surface area contributed by atoms with Crippen molar-refractivity contribution in [2.24, 2.45) is 7.05 Å². The summed E-state index contributed by atoms with van der Waals surface area (Å²) < 4.78 is 28.4. The minimum atomic E-state index is -3.43. The summed E-state index contributed by atoms with van der Waals surface area (Å²) in [6.45, 7) is 7.24. The van der Waals surface area contributed by atoms with Crippen molar-refractivity contribution in [2.75, 3.05) is 19.6 Å². The fourth-order valence-electron chi connectivity index (χ4n) is 2.37. The summed E-state index contributed by atoms with van der Waals surface area (Å²) in [5, 5.41) is 7.43. The number of hydrogen-bond donors (Lipinski definition) is 1. The number of hydrogen-bond acceptors (Lipinski definition) is 4. The lowest BCUT2D eigenvalue weighted by Gasteiger charge is -2.31. The Kier molecular flexibility index (Phi) is 5.00. The van der Waals surface area contributed by atoms with Crippen LogP contribution in [0.5, 0.6) is 0 Å². The third-order valence-electron chi connectivity index (χ3n) is 3.37. The zero-order chi connectivity index (χ0) is 13.5. The van der Waals surface area contributed by atoms with Crippen LogP contribution in [0.4, 0.5) is 0 Å². The first kappa shape index (κ1) is 16.4. The Labute approximate surface area is 120 Å². The van der Waals surface area contributed by atoms with E-state index in [1.165, 1.54) is 0 Å². The van der Waals surface area contributed by atoms with E-state index in [2.05, 4.69) is 10.4 Å². The zero-order valence-electron chi connectivity index (χ0n) is 11.7. The van der Waals surface area contributed by atoms with Gasteiger partial charge in [-0.25, -0.2) is 8.42 Å². The molecule has 1 N–H and O–H groups in total. The minimum Gasteiger partial charge on any atom is -0.312 e. The Morgan fingerprint density at radius 2 is 2.00 bits per heavy atom. The van der Waals surface area contributed by atoms with Gasteiger partial charge in [-0.2, -0.15) is 9.40 Å². The third kappa shape index (κ3) is 2.94. The second-order valence-corrected chi connectivity index (χ2v) is 6.72. The molecule has 1 aliphatic heterocycles. The van der Waals surface area contributed by atoms with Gasteiger partial charge in [0.2, 0.25) is 10.0 Å². The average Bonchev–Trinajstić information content (AvgIpc) is 2.53. The molecule has 0 amide bonds. The molecule has 1 aliphatic rings. The summed E-state index contributed by atoms with van der Waals surface area (Å²) in [6.07, 6.45) is 0. The van der Waals surface area contributed by atoms with Crippen LogP contribution >= 0.6 is 12.4 Å². The van der Waals surface area contributed by atoms with E-state index in [4.69, 9.17) is 0 Å². The zero-order valence-corrected chi connectivity index (χ0v) is 13.3. The van der Waals surface area contributed by atoms with Crippen molar-refractivity contribution >= 4 is 22.4 Å². The molecule has 110 valence electrons. The average molecular weight is 309 g/mol. The van der Waals surface area contributed by atoms with Gasteiger partial charge in [0, 0.05) is 32.7 Å². The van der Waals surface area contributed by atoms with E-state index in [0.29, 0.717) is 35.9 Å². The summed E-state index contributed by atoms with van der Waals surface area (Å²) in [6, 6.07) is 0.186. The van der Waals surface area contributed by atoms with E-state index in [9.17, 15) is 8.42 Å². The van der Waals surface area contributed by atoms with Gasteiger partial charge < -0.3 is 5.32 Å². The Bertz CT molecular complexity index is 555. The number of aromatic nitrogens is 2.